The van der Waals surface area contributed by atoms with Crippen molar-refractivity contribution < 1.29 is 23.2 Å². The summed E-state index contributed by atoms with van der Waals surface area (Å²) in [7, 11) is -1.09. The second kappa shape index (κ2) is 6.54. The highest BCUT2D eigenvalue weighted by Gasteiger charge is 2.53. The summed E-state index contributed by atoms with van der Waals surface area (Å²) in [6, 6.07) is 1.52. The number of pyridine rings is 1. The van der Waals surface area contributed by atoms with Gasteiger partial charge in [0.15, 0.2) is 0 Å². The number of carbonyl (C=O) groups excluding carboxylic acids is 1. The fourth-order valence-electron chi connectivity index (χ4n) is 2.17. The van der Waals surface area contributed by atoms with E-state index in [1.54, 1.807) is 20.8 Å². The van der Waals surface area contributed by atoms with Crippen molar-refractivity contribution in [3.63, 3.8) is 0 Å². The number of carbonyl (C=O) groups is 1. The van der Waals surface area contributed by atoms with Crippen LogP contribution >= 0.6 is 0 Å². The molecule has 7 heteroatoms. The molecule has 1 aliphatic rings. The first kappa shape index (κ1) is 19.6. The van der Waals surface area contributed by atoms with Gasteiger partial charge in [-0.25, -0.2) is 9.18 Å². The molecule has 0 saturated carbocycles. The van der Waals surface area contributed by atoms with Crippen LogP contribution in [0, 0.1) is 0 Å². The summed E-state index contributed by atoms with van der Waals surface area (Å²) in [4.78, 5) is 16.1. The van der Waals surface area contributed by atoms with Gasteiger partial charge in [-0.2, -0.15) is 0 Å². The van der Waals surface area contributed by atoms with Crippen molar-refractivity contribution in [3.8, 4) is 0 Å². The first-order valence-corrected chi connectivity index (χ1v) is 8.22. The third kappa shape index (κ3) is 4.67. The molecular weight excluding hydrogens is 324 g/mol. The fourth-order valence-corrected chi connectivity index (χ4v) is 2.17. The molecule has 0 aromatic carbocycles. The number of rotatable bonds is 3. The molecule has 5 nitrogen and oxygen atoms in total. The number of nitrogens with zero attached hydrogens (tertiary/aromatic N) is 1. The molecule has 0 radical (unpaired) electrons. The lowest BCUT2D eigenvalue weighted by Gasteiger charge is -2.32. The molecule has 25 heavy (non-hydrogen) atoms. The third-order valence-corrected chi connectivity index (χ3v) is 4.18. The SMILES string of the molecule is CC(C)(C)OC(=O)c1cncc(C=C(F)B2OC(C)(C)C(C)(C)O2)c1. The minimum atomic E-state index is -1.09. The Morgan fingerprint density at radius 1 is 1.20 bits per heavy atom. The predicted octanol–water partition coefficient (Wildman–Crippen LogP) is 3.98. The largest absolute Gasteiger partial charge is 0.525 e. The van der Waals surface area contributed by atoms with Crippen LogP contribution in [0.2, 0.25) is 0 Å². The quantitative estimate of drug-likeness (QED) is 0.610. The van der Waals surface area contributed by atoms with Crippen LogP contribution in [0.5, 0.6) is 0 Å². The van der Waals surface area contributed by atoms with Gasteiger partial charge < -0.3 is 14.0 Å². The number of hydrogen-bond donors (Lipinski definition) is 0. The molecule has 0 aliphatic carbocycles. The summed E-state index contributed by atoms with van der Waals surface area (Å²) >= 11 is 0. The average molecular weight is 349 g/mol. The maximum absolute atomic E-state index is 14.6. The van der Waals surface area contributed by atoms with Crippen LogP contribution in [0.25, 0.3) is 6.08 Å². The summed E-state index contributed by atoms with van der Waals surface area (Å²) in [5.74, 6) is -0.508. The molecule has 1 aliphatic heterocycles. The van der Waals surface area contributed by atoms with Crippen LogP contribution in [-0.2, 0) is 14.0 Å². The summed E-state index contributed by atoms with van der Waals surface area (Å²) in [6.45, 7) is 12.7. The van der Waals surface area contributed by atoms with Gasteiger partial charge in [0.1, 0.15) is 11.3 Å². The smallest absolute Gasteiger partial charge is 0.456 e. The molecule has 1 fully saturated rings. The molecule has 1 saturated heterocycles. The van der Waals surface area contributed by atoms with Crippen LogP contribution in [0.15, 0.2) is 24.2 Å². The topological polar surface area (TPSA) is 57.7 Å². The highest BCUT2D eigenvalue weighted by molar-refractivity contribution is 6.54. The minimum Gasteiger partial charge on any atom is -0.456 e. The predicted molar refractivity (Wildman–Crippen MR) is 94.6 cm³/mol. The van der Waals surface area contributed by atoms with E-state index in [0.29, 0.717) is 5.56 Å². The fraction of sp³-hybridized carbons (Fsp3) is 0.556. The van der Waals surface area contributed by atoms with Gasteiger partial charge in [-0.15, -0.1) is 0 Å². The Labute approximate surface area is 148 Å². The van der Waals surface area contributed by atoms with Crippen LogP contribution < -0.4 is 0 Å². The molecule has 2 rings (SSSR count). The Hall–Kier alpha value is -1.73. The van der Waals surface area contributed by atoms with E-state index in [2.05, 4.69) is 4.98 Å². The van der Waals surface area contributed by atoms with Crippen molar-refractivity contribution in [1.82, 2.24) is 4.98 Å². The van der Waals surface area contributed by atoms with Gasteiger partial charge >= 0.3 is 13.1 Å². The van der Waals surface area contributed by atoms with E-state index in [9.17, 15) is 9.18 Å². The van der Waals surface area contributed by atoms with Crippen LogP contribution in [0.3, 0.4) is 0 Å². The molecule has 0 N–H and O–H groups in total. The zero-order chi connectivity index (χ0) is 19.0. The lowest BCUT2D eigenvalue weighted by atomic mass is 9.87. The van der Waals surface area contributed by atoms with E-state index >= 15 is 0 Å². The third-order valence-electron chi connectivity index (χ3n) is 4.18. The number of esters is 1. The van der Waals surface area contributed by atoms with Crippen molar-refractivity contribution in [2.45, 2.75) is 65.3 Å². The summed E-state index contributed by atoms with van der Waals surface area (Å²) in [6.07, 6.45) is 4.10. The lowest BCUT2D eigenvalue weighted by molar-refractivity contribution is 0.00578. The molecule has 0 atom stereocenters. The molecule has 136 valence electrons. The number of ether oxygens (including phenoxy) is 1. The van der Waals surface area contributed by atoms with Gasteiger partial charge in [-0.3, -0.25) is 4.98 Å². The van der Waals surface area contributed by atoms with Gasteiger partial charge in [-0.1, -0.05) is 0 Å². The molecule has 0 spiro atoms. The van der Waals surface area contributed by atoms with Crippen molar-refractivity contribution >= 4 is 19.2 Å². The first-order chi connectivity index (χ1) is 11.3. The standard InChI is InChI=1S/C18H25BFNO4/c1-16(2,3)23-15(22)13-8-12(10-21-11-13)9-14(20)19-24-17(4,5)18(6,7)25-19/h8-11H,1-7H3. The first-order valence-electron chi connectivity index (χ1n) is 8.22. The second-order valence-corrected chi connectivity index (χ2v) is 8.13. The highest BCUT2D eigenvalue weighted by atomic mass is 19.1. The zero-order valence-corrected chi connectivity index (χ0v) is 15.8. The molecule has 1 aromatic heterocycles. The van der Waals surface area contributed by atoms with E-state index in [-0.39, 0.29) is 5.56 Å². The Balaban J connectivity index is 2.19. The van der Waals surface area contributed by atoms with Crippen molar-refractivity contribution in [1.29, 1.82) is 0 Å². The monoisotopic (exact) mass is 349 g/mol. The molecule has 2 heterocycles. The number of halogens is 1. The number of aromatic nitrogens is 1. The minimum absolute atomic E-state index is 0.255. The van der Waals surface area contributed by atoms with Gasteiger partial charge in [-0.05, 0) is 66.2 Å². The van der Waals surface area contributed by atoms with E-state index in [1.165, 1.54) is 24.5 Å². The Morgan fingerprint density at radius 3 is 2.28 bits per heavy atom. The van der Waals surface area contributed by atoms with Crippen LogP contribution in [-0.4, -0.2) is 34.9 Å². The average Bonchev–Trinajstić information content (AvgIpc) is 2.66. The second-order valence-electron chi connectivity index (χ2n) is 8.13. The van der Waals surface area contributed by atoms with Crippen molar-refractivity contribution in [2.75, 3.05) is 0 Å². The lowest BCUT2D eigenvalue weighted by Crippen LogP contribution is -2.41. The van der Waals surface area contributed by atoms with Crippen molar-refractivity contribution in [2.24, 2.45) is 0 Å². The maximum Gasteiger partial charge on any atom is 0.525 e. The highest BCUT2D eigenvalue weighted by Crippen LogP contribution is 2.39. The summed E-state index contributed by atoms with van der Waals surface area (Å²) in [5, 5.41) is 0. The van der Waals surface area contributed by atoms with Gasteiger partial charge in [0, 0.05) is 12.4 Å². The van der Waals surface area contributed by atoms with E-state index in [1.807, 2.05) is 27.7 Å². The zero-order valence-electron chi connectivity index (χ0n) is 15.8. The van der Waals surface area contributed by atoms with Gasteiger partial charge in [0.2, 0.25) is 0 Å². The Bertz CT molecular complexity index is 679. The van der Waals surface area contributed by atoms with Crippen molar-refractivity contribution in [3.05, 3.63) is 35.3 Å². The van der Waals surface area contributed by atoms with E-state index < -0.39 is 35.6 Å². The van der Waals surface area contributed by atoms with Crippen LogP contribution in [0.1, 0.15) is 64.4 Å². The summed E-state index contributed by atoms with van der Waals surface area (Å²) in [5.41, 5.74) is -1.77. The Morgan fingerprint density at radius 2 is 1.76 bits per heavy atom. The van der Waals surface area contributed by atoms with E-state index in [4.69, 9.17) is 14.0 Å². The molecule has 0 bridgehead atoms. The molecular formula is C18H25BFNO4. The van der Waals surface area contributed by atoms with Gasteiger partial charge in [0.25, 0.3) is 0 Å². The van der Waals surface area contributed by atoms with Crippen LogP contribution in [0.4, 0.5) is 4.39 Å². The normalized spacial score (nSPS) is 19.8. The summed E-state index contributed by atoms with van der Waals surface area (Å²) < 4.78 is 31.2. The van der Waals surface area contributed by atoms with E-state index in [0.717, 1.165) is 0 Å². The molecule has 0 unspecified atom stereocenters. The van der Waals surface area contributed by atoms with Gasteiger partial charge in [0.05, 0.1) is 16.8 Å². The number of hydrogen-bond acceptors (Lipinski definition) is 5. The maximum atomic E-state index is 14.6. The molecule has 0 amide bonds. The molecule has 1 aromatic rings. The Kier molecular flexibility index (Phi) is 5.12.